The van der Waals surface area contributed by atoms with Crippen molar-refractivity contribution in [3.05, 3.63) is 124 Å². The zero-order valence-electron chi connectivity index (χ0n) is 23.1. The monoisotopic (exact) mass is 556 g/mol. The van der Waals surface area contributed by atoms with E-state index in [2.05, 4.69) is 13.5 Å². The third-order valence-electron chi connectivity index (χ3n) is 6.58. The largest absolute Gasteiger partial charge is 0.494 e. The molecule has 2 amide bonds. The number of nitrogens with zero attached hydrogens (tertiary/aromatic N) is 2. The van der Waals surface area contributed by atoms with Gasteiger partial charge in [-0.15, -0.1) is 6.58 Å². The van der Waals surface area contributed by atoms with Crippen LogP contribution in [0.3, 0.4) is 0 Å². The predicted octanol–water partition coefficient (Wildman–Crippen LogP) is 5.97. The van der Waals surface area contributed by atoms with Crippen molar-refractivity contribution in [3.8, 4) is 5.75 Å². The van der Waals surface area contributed by atoms with E-state index in [4.69, 9.17) is 9.15 Å². The van der Waals surface area contributed by atoms with Crippen LogP contribution >= 0.6 is 0 Å². The van der Waals surface area contributed by atoms with Crippen molar-refractivity contribution < 1.29 is 23.1 Å². The highest BCUT2D eigenvalue weighted by atomic mass is 19.1. The highest BCUT2D eigenvalue weighted by Crippen LogP contribution is 2.17. The van der Waals surface area contributed by atoms with Crippen LogP contribution in [0.15, 0.2) is 101 Å². The summed E-state index contributed by atoms with van der Waals surface area (Å²) in [6, 6.07) is 19.5. The lowest BCUT2D eigenvalue weighted by Crippen LogP contribution is -2.43. The number of rotatable bonds is 13. The molecule has 4 rings (SSSR count). The molecule has 212 valence electrons. The summed E-state index contributed by atoms with van der Waals surface area (Å²) in [7, 11) is 0. The van der Waals surface area contributed by atoms with Crippen molar-refractivity contribution in [3.63, 3.8) is 0 Å². The van der Waals surface area contributed by atoms with Gasteiger partial charge in [-0.2, -0.15) is 0 Å². The summed E-state index contributed by atoms with van der Waals surface area (Å²) >= 11 is 0. The van der Waals surface area contributed by atoms with Gasteiger partial charge in [0.1, 0.15) is 23.7 Å². The summed E-state index contributed by atoms with van der Waals surface area (Å²) in [5.74, 6) is -0.464. The van der Waals surface area contributed by atoms with E-state index in [0.717, 1.165) is 12.8 Å². The molecule has 0 saturated heterocycles. The number of ether oxygens (including phenoxy) is 1. The molecular weight excluding hydrogens is 523 g/mol. The Kier molecular flexibility index (Phi) is 10.0. The van der Waals surface area contributed by atoms with Gasteiger partial charge in [-0.25, -0.2) is 4.39 Å². The van der Waals surface area contributed by atoms with Crippen molar-refractivity contribution in [2.45, 2.75) is 32.9 Å². The van der Waals surface area contributed by atoms with Crippen LogP contribution in [0.25, 0.3) is 11.0 Å². The minimum atomic E-state index is -0.397. The van der Waals surface area contributed by atoms with E-state index in [9.17, 15) is 18.8 Å². The number of hydrogen-bond acceptors (Lipinski definition) is 5. The maximum absolute atomic E-state index is 13.7. The number of unbranched alkanes of at least 4 members (excludes halogenated alkanes) is 1. The summed E-state index contributed by atoms with van der Waals surface area (Å²) in [6.07, 6.45) is 4.86. The fourth-order valence-electron chi connectivity index (χ4n) is 4.32. The number of hydrogen-bond donors (Lipinski definition) is 0. The molecular formula is C33H33FN2O5. The lowest BCUT2D eigenvalue weighted by Gasteiger charge is -2.27. The first-order valence-corrected chi connectivity index (χ1v) is 13.5. The summed E-state index contributed by atoms with van der Waals surface area (Å²) in [4.78, 5) is 43.1. The zero-order chi connectivity index (χ0) is 29.2. The van der Waals surface area contributed by atoms with E-state index in [1.165, 1.54) is 28.2 Å². The summed E-state index contributed by atoms with van der Waals surface area (Å²) in [5, 5.41) is 0.407. The first kappa shape index (κ1) is 29.3. The molecule has 41 heavy (non-hydrogen) atoms. The minimum Gasteiger partial charge on any atom is -0.494 e. The average molecular weight is 557 g/mol. The quantitative estimate of drug-likeness (QED) is 0.150. The van der Waals surface area contributed by atoms with E-state index in [-0.39, 0.29) is 37.5 Å². The smallest absolute Gasteiger partial charge is 0.254 e. The van der Waals surface area contributed by atoms with Crippen LogP contribution in [-0.2, 0) is 17.9 Å². The molecule has 8 heteroatoms. The number of amides is 2. The molecule has 0 radical (unpaired) electrons. The number of carbonyl (C=O) groups excluding carboxylic acids is 2. The van der Waals surface area contributed by atoms with E-state index in [0.29, 0.717) is 40.0 Å². The van der Waals surface area contributed by atoms with Gasteiger partial charge in [0.15, 0.2) is 5.43 Å². The fraction of sp³-hybridized carbons (Fsp3) is 0.242. The Balaban J connectivity index is 1.56. The zero-order valence-corrected chi connectivity index (χ0v) is 23.1. The van der Waals surface area contributed by atoms with Crippen LogP contribution in [0.5, 0.6) is 5.75 Å². The molecule has 0 unspecified atom stereocenters. The summed E-state index contributed by atoms with van der Waals surface area (Å²) in [5.41, 5.74) is 1.57. The lowest BCUT2D eigenvalue weighted by molar-refractivity contribution is -0.133. The summed E-state index contributed by atoms with van der Waals surface area (Å²) < 4.78 is 24.9. The van der Waals surface area contributed by atoms with Gasteiger partial charge in [-0.3, -0.25) is 14.4 Å². The topological polar surface area (TPSA) is 80.1 Å². The second-order valence-electron chi connectivity index (χ2n) is 9.66. The van der Waals surface area contributed by atoms with Crippen LogP contribution < -0.4 is 10.2 Å². The number of halogens is 1. The molecule has 0 aliphatic carbocycles. The van der Waals surface area contributed by atoms with Crippen LogP contribution in [0.4, 0.5) is 4.39 Å². The van der Waals surface area contributed by atoms with Gasteiger partial charge in [0.25, 0.3) is 5.91 Å². The Morgan fingerprint density at radius 2 is 1.71 bits per heavy atom. The number of fused-ring (bicyclic) bond motifs is 1. The number of para-hydroxylation sites is 1. The third kappa shape index (κ3) is 7.69. The van der Waals surface area contributed by atoms with E-state index >= 15 is 0 Å². The molecule has 0 N–H and O–H groups in total. The molecule has 0 saturated carbocycles. The third-order valence-corrected chi connectivity index (χ3v) is 6.58. The average Bonchev–Trinajstić information content (AvgIpc) is 2.99. The van der Waals surface area contributed by atoms with Crippen molar-refractivity contribution in [1.29, 1.82) is 0 Å². The summed E-state index contributed by atoms with van der Waals surface area (Å²) in [6.45, 7) is 6.36. The molecule has 0 bridgehead atoms. The van der Waals surface area contributed by atoms with Crippen LogP contribution in [0.2, 0.25) is 0 Å². The maximum Gasteiger partial charge on any atom is 0.254 e. The molecule has 1 heterocycles. The standard InChI is InChI=1S/C33H33FN2O5/c1-3-5-19-40-28-16-12-25(13-17-28)33(39)35(18-4-2)22-31(37)36(20-24-10-14-27(34)15-11-24)21-26-23-41-30-9-7-6-8-29(30)32(26)38/h4,6-17,23H,2-3,5,18-22H2,1H3. The number of carbonyl (C=O) groups is 2. The van der Waals surface area contributed by atoms with Gasteiger partial charge in [0, 0.05) is 18.7 Å². The van der Waals surface area contributed by atoms with Gasteiger partial charge in [0.2, 0.25) is 5.91 Å². The van der Waals surface area contributed by atoms with E-state index < -0.39 is 11.7 Å². The van der Waals surface area contributed by atoms with Crippen molar-refractivity contribution >= 4 is 22.8 Å². The maximum atomic E-state index is 13.7. The molecule has 0 aliphatic rings. The van der Waals surface area contributed by atoms with Gasteiger partial charge >= 0.3 is 0 Å². The first-order chi connectivity index (χ1) is 19.9. The highest BCUT2D eigenvalue weighted by molar-refractivity contribution is 5.96. The fourth-order valence-corrected chi connectivity index (χ4v) is 4.32. The van der Waals surface area contributed by atoms with E-state index in [1.807, 2.05) is 0 Å². The second-order valence-corrected chi connectivity index (χ2v) is 9.66. The first-order valence-electron chi connectivity index (χ1n) is 13.5. The molecule has 0 atom stereocenters. The lowest BCUT2D eigenvalue weighted by atomic mass is 10.1. The van der Waals surface area contributed by atoms with Crippen LogP contribution in [0, 0.1) is 5.82 Å². The molecule has 7 nitrogen and oxygen atoms in total. The second kappa shape index (κ2) is 14.1. The van der Waals surface area contributed by atoms with Crippen LogP contribution in [0.1, 0.15) is 41.3 Å². The van der Waals surface area contributed by atoms with Crippen molar-refractivity contribution in [1.82, 2.24) is 9.80 Å². The molecule has 4 aromatic rings. The van der Waals surface area contributed by atoms with E-state index in [1.54, 1.807) is 66.7 Å². The Morgan fingerprint density at radius 3 is 2.41 bits per heavy atom. The Hall–Kier alpha value is -4.72. The van der Waals surface area contributed by atoms with Crippen LogP contribution in [-0.4, -0.2) is 41.3 Å². The van der Waals surface area contributed by atoms with Gasteiger partial charge in [-0.05, 0) is 60.5 Å². The van der Waals surface area contributed by atoms with Gasteiger partial charge in [0.05, 0.1) is 30.4 Å². The minimum absolute atomic E-state index is 0.0523. The van der Waals surface area contributed by atoms with Gasteiger partial charge < -0.3 is 19.0 Å². The van der Waals surface area contributed by atoms with Crippen molar-refractivity contribution in [2.24, 2.45) is 0 Å². The SMILES string of the molecule is C=CCN(CC(=O)N(Cc1ccc(F)cc1)Cc1coc2ccccc2c1=O)C(=O)c1ccc(OCCCC)cc1. The number of benzene rings is 3. The molecule has 0 aliphatic heterocycles. The molecule has 0 fully saturated rings. The Labute approximate surface area is 238 Å². The highest BCUT2D eigenvalue weighted by Gasteiger charge is 2.23. The Bertz CT molecular complexity index is 1550. The van der Waals surface area contributed by atoms with Gasteiger partial charge in [-0.1, -0.05) is 43.7 Å². The molecule has 0 spiro atoms. The predicted molar refractivity (Wildman–Crippen MR) is 156 cm³/mol. The normalized spacial score (nSPS) is 10.8. The van der Waals surface area contributed by atoms with Crippen molar-refractivity contribution in [2.75, 3.05) is 19.7 Å². The molecule has 1 aromatic heterocycles. The Morgan fingerprint density at radius 1 is 0.976 bits per heavy atom. The molecule has 3 aromatic carbocycles.